The molecule has 0 amide bonds. The summed E-state index contributed by atoms with van der Waals surface area (Å²) in [6.07, 6.45) is 0. The molecule has 1 rings (SSSR count). The molecule has 80 valence electrons. The molecule has 0 fully saturated rings. The van der Waals surface area contributed by atoms with Crippen molar-refractivity contribution in [1.29, 1.82) is 0 Å². The molecule has 0 bridgehead atoms. The number of aromatic nitrogens is 1. The Morgan fingerprint density at radius 3 is 1.87 bits per heavy atom. The van der Waals surface area contributed by atoms with E-state index in [1.165, 1.54) is 0 Å². The monoisotopic (exact) mass is 261 g/mol. The Balaban J connectivity index is 0. The summed E-state index contributed by atoms with van der Waals surface area (Å²) in [5, 5.41) is 13.5. The zero-order valence-electron chi connectivity index (χ0n) is 9.88. The summed E-state index contributed by atoms with van der Waals surface area (Å²) >= 11 is 0. The van der Waals surface area contributed by atoms with Gasteiger partial charge in [-0.1, -0.05) is 33.4 Å². The van der Waals surface area contributed by atoms with Crippen molar-refractivity contribution in [1.82, 2.24) is 5.16 Å². The maximum absolute atomic E-state index is 9.91. The number of aryl methyl sites for hydroxylation is 2. The van der Waals surface area contributed by atoms with Gasteiger partial charge < -0.3 is 20.5 Å². The first kappa shape index (κ1) is 16.7. The van der Waals surface area contributed by atoms with E-state index in [2.05, 4.69) is 15.7 Å². The molecule has 0 N–H and O–H groups in total. The molecule has 0 spiro atoms. The van der Waals surface area contributed by atoms with Crippen LogP contribution in [0.25, 0.3) is 0 Å². The summed E-state index contributed by atoms with van der Waals surface area (Å²) in [5.41, 5.74) is 0.123. The van der Waals surface area contributed by atoms with E-state index in [4.69, 9.17) is 0 Å². The topological polar surface area (TPSA) is 66.2 Å². The van der Waals surface area contributed by atoms with Crippen LogP contribution >= 0.6 is 0 Å². The Hall–Kier alpha value is -0.697. The van der Waals surface area contributed by atoms with Crippen molar-refractivity contribution in [3.8, 4) is 0 Å². The number of carbonyl (C=O) groups is 1. The van der Waals surface area contributed by atoms with E-state index in [0.29, 0.717) is 0 Å². The van der Waals surface area contributed by atoms with Gasteiger partial charge in [-0.25, -0.2) is 0 Å². The van der Waals surface area contributed by atoms with Gasteiger partial charge in [0.15, 0.2) is 0 Å². The van der Waals surface area contributed by atoms with Gasteiger partial charge in [0.2, 0.25) is 0 Å². The molecule has 0 unspecified atom stereocenters. The zero-order valence-corrected chi connectivity index (χ0v) is 12.8. The van der Waals surface area contributed by atoms with Gasteiger partial charge in [-0.2, -0.15) is 0 Å². The first-order chi connectivity index (χ1) is 6.23. The predicted octanol–water partition coefficient (Wildman–Crippen LogP) is 0.872. The fourth-order valence-electron chi connectivity index (χ4n) is 0.437. The molecule has 1 aromatic heterocycles. The molecule has 0 aliphatic heterocycles. The second kappa shape index (κ2) is 6.73. The number of nitrogens with zero attached hydrogens (tertiary/aromatic N) is 1. The summed E-state index contributed by atoms with van der Waals surface area (Å²) < 4.78 is 4.66. The molecule has 0 saturated heterocycles. The second-order valence-corrected chi connectivity index (χ2v) is 3.99. The van der Waals surface area contributed by atoms with Crippen LogP contribution < -0.4 is 5.11 Å². The van der Waals surface area contributed by atoms with Crippen molar-refractivity contribution in [2.75, 3.05) is 0 Å². The molecule has 0 radical (unpaired) electrons. The third-order valence-corrected chi connectivity index (χ3v) is 1.29. The Morgan fingerprint density at radius 1 is 1.40 bits per heavy atom. The average molecular weight is 263 g/mol. The summed E-state index contributed by atoms with van der Waals surface area (Å²) in [6, 6.07) is 2.86. The number of carbonyl (C=O) groups excluding carboxylic acids is 1. The number of hydrogen-bond donors (Lipinski definition) is 0. The van der Waals surface area contributed by atoms with Crippen molar-refractivity contribution < 1.29 is 33.9 Å². The fourth-order valence-corrected chi connectivity index (χ4v) is 0.437. The molecule has 4 nitrogen and oxygen atoms in total. The molecular formula is C10H15NO3Zn. The Bertz CT molecular complexity index is 285. The average Bonchev–Trinajstić information content (AvgIpc) is 2.33. The minimum Gasteiger partial charge on any atom is -0.550 e. The molecule has 0 aliphatic carbocycles. The molecule has 0 saturated carbocycles. The quantitative estimate of drug-likeness (QED) is 0.514. The van der Waals surface area contributed by atoms with Gasteiger partial charge in [-0.05, 0) is 12.7 Å². The van der Waals surface area contributed by atoms with Crippen LogP contribution in [0.15, 0.2) is 4.52 Å². The van der Waals surface area contributed by atoms with Crippen LogP contribution in [0.1, 0.15) is 32.2 Å². The van der Waals surface area contributed by atoms with E-state index in [-0.39, 0.29) is 19.5 Å². The van der Waals surface area contributed by atoms with Gasteiger partial charge in [0.1, 0.15) is 0 Å². The Kier molecular flexibility index (Phi) is 7.50. The smallest absolute Gasteiger partial charge is 0.550 e. The van der Waals surface area contributed by atoms with Crippen LogP contribution in [0, 0.1) is 25.3 Å². The SMILES string of the molecule is CC(C)(C)C(=O)[O-].Cc1[c-]c(C)on1.[Zn+2]. The maximum Gasteiger partial charge on any atom is 2.00 e. The Labute approximate surface area is 103 Å². The van der Waals surface area contributed by atoms with E-state index < -0.39 is 11.4 Å². The third kappa shape index (κ3) is 8.31. The molecule has 0 aromatic carbocycles. The van der Waals surface area contributed by atoms with Gasteiger partial charge in [0.25, 0.3) is 0 Å². The third-order valence-electron chi connectivity index (χ3n) is 1.29. The van der Waals surface area contributed by atoms with Gasteiger partial charge in [0.05, 0.1) is 0 Å². The minimum absolute atomic E-state index is 0. The molecule has 0 aliphatic rings. The fraction of sp³-hybridized carbons (Fsp3) is 0.600. The summed E-state index contributed by atoms with van der Waals surface area (Å²) in [7, 11) is 0. The largest absolute Gasteiger partial charge is 2.00 e. The van der Waals surface area contributed by atoms with Crippen LogP contribution in [-0.2, 0) is 24.3 Å². The zero-order chi connectivity index (χ0) is 11.4. The van der Waals surface area contributed by atoms with Crippen LogP contribution in [0.2, 0.25) is 0 Å². The molecule has 1 heterocycles. The number of rotatable bonds is 0. The van der Waals surface area contributed by atoms with Gasteiger partial charge in [-0.15, -0.1) is 5.16 Å². The maximum atomic E-state index is 9.91. The van der Waals surface area contributed by atoms with Crippen molar-refractivity contribution in [2.24, 2.45) is 5.41 Å². The van der Waals surface area contributed by atoms with E-state index in [9.17, 15) is 9.90 Å². The van der Waals surface area contributed by atoms with Crippen LogP contribution in [0.5, 0.6) is 0 Å². The minimum atomic E-state index is -1.01. The molecule has 15 heavy (non-hydrogen) atoms. The van der Waals surface area contributed by atoms with Crippen LogP contribution in [0.3, 0.4) is 0 Å². The predicted molar refractivity (Wildman–Crippen MR) is 49.3 cm³/mol. The van der Waals surface area contributed by atoms with E-state index in [1.54, 1.807) is 20.8 Å². The Morgan fingerprint density at radius 2 is 1.80 bits per heavy atom. The molecule has 1 aromatic rings. The number of carboxylic acid groups (broad SMARTS) is 1. The van der Waals surface area contributed by atoms with Crippen molar-refractivity contribution in [2.45, 2.75) is 34.6 Å². The first-order valence-electron chi connectivity index (χ1n) is 4.27. The van der Waals surface area contributed by atoms with Gasteiger partial charge in [-0.3, -0.25) is 0 Å². The summed E-state index contributed by atoms with van der Waals surface area (Å²) in [6.45, 7) is 8.46. The van der Waals surface area contributed by atoms with Crippen molar-refractivity contribution in [3.05, 3.63) is 17.5 Å². The van der Waals surface area contributed by atoms with Crippen molar-refractivity contribution >= 4 is 5.97 Å². The van der Waals surface area contributed by atoms with E-state index in [0.717, 1.165) is 11.5 Å². The van der Waals surface area contributed by atoms with Gasteiger partial charge >= 0.3 is 19.5 Å². The molecule has 5 heteroatoms. The van der Waals surface area contributed by atoms with Gasteiger partial charge in [0, 0.05) is 11.4 Å². The van der Waals surface area contributed by atoms with E-state index >= 15 is 0 Å². The standard InChI is InChI=1S/C5H6NO.C5H10O2.Zn/c1-4-3-5(2)7-6-4;1-5(2,3)4(6)7;/h1-2H3;1-3H3,(H,6,7);/q-1;;+2/p-1. The number of hydrogen-bond acceptors (Lipinski definition) is 4. The van der Waals surface area contributed by atoms with Crippen LogP contribution in [0.4, 0.5) is 0 Å². The second-order valence-electron chi connectivity index (χ2n) is 3.99. The normalized spacial score (nSPS) is 9.67. The summed E-state index contributed by atoms with van der Waals surface area (Å²) in [4.78, 5) is 9.91. The molecule has 0 atom stereocenters. The number of carboxylic acids is 1. The summed E-state index contributed by atoms with van der Waals surface area (Å²) in [5.74, 6) is -0.259. The van der Waals surface area contributed by atoms with Crippen molar-refractivity contribution in [3.63, 3.8) is 0 Å². The first-order valence-corrected chi connectivity index (χ1v) is 4.27. The van der Waals surface area contributed by atoms with Crippen LogP contribution in [-0.4, -0.2) is 11.1 Å². The number of aliphatic carboxylic acids is 1. The van der Waals surface area contributed by atoms with E-state index in [1.807, 2.05) is 13.8 Å². The molecular weight excluding hydrogens is 248 g/mol.